The number of hydrogen-bond acceptors (Lipinski definition) is 4. The number of fused-ring (bicyclic) bond motifs is 3. The van der Waals surface area contributed by atoms with E-state index in [-0.39, 0.29) is 11.9 Å². The van der Waals surface area contributed by atoms with Gasteiger partial charge in [-0.15, -0.1) is 0 Å². The van der Waals surface area contributed by atoms with Crippen molar-refractivity contribution in [3.8, 4) is 11.3 Å². The Hall–Kier alpha value is -2.20. The Labute approximate surface area is 117 Å². The highest BCUT2D eigenvalue weighted by atomic mass is 16.5. The van der Waals surface area contributed by atoms with E-state index < -0.39 is 0 Å². The summed E-state index contributed by atoms with van der Waals surface area (Å²) in [5.41, 5.74) is 10.7. The van der Waals surface area contributed by atoms with E-state index in [0.717, 1.165) is 23.2 Å². The van der Waals surface area contributed by atoms with E-state index in [1.807, 2.05) is 18.2 Å². The van der Waals surface area contributed by atoms with Gasteiger partial charge in [-0.2, -0.15) is 0 Å². The molecular weight excluding hydrogens is 252 g/mol. The molecule has 1 aliphatic carbocycles. The summed E-state index contributed by atoms with van der Waals surface area (Å²) in [5.74, 6) is -0.105. The predicted octanol–water partition coefficient (Wildman–Crippen LogP) is 2.33. The number of nitrogens with zero attached hydrogens (tertiary/aromatic N) is 1. The summed E-state index contributed by atoms with van der Waals surface area (Å²) < 4.78 is 4.79. The van der Waals surface area contributed by atoms with E-state index in [9.17, 15) is 4.79 Å². The molecule has 3 rings (SSSR count). The van der Waals surface area contributed by atoms with E-state index in [1.54, 1.807) is 12.3 Å². The Bertz CT molecular complexity index is 667. The number of rotatable bonds is 3. The standard InChI is InChI=1S/C16H16N2O2/c1-20-16(19)10-4-5-13-14(9-10)11(6-7-17)12-3-2-8-18-15(12)13/h2-5,8-9,11H,6-7,17H2,1H3. The zero-order valence-corrected chi connectivity index (χ0v) is 11.3. The minimum Gasteiger partial charge on any atom is -0.465 e. The first-order valence-corrected chi connectivity index (χ1v) is 6.64. The van der Waals surface area contributed by atoms with E-state index >= 15 is 0 Å². The second-order valence-corrected chi connectivity index (χ2v) is 4.86. The van der Waals surface area contributed by atoms with Crippen molar-refractivity contribution in [3.05, 3.63) is 53.2 Å². The topological polar surface area (TPSA) is 65.2 Å². The van der Waals surface area contributed by atoms with Crippen LogP contribution in [0.3, 0.4) is 0 Å². The molecule has 1 aromatic heterocycles. The van der Waals surface area contributed by atoms with E-state index in [2.05, 4.69) is 11.1 Å². The fourth-order valence-corrected chi connectivity index (χ4v) is 2.88. The molecule has 4 heteroatoms. The molecule has 1 unspecified atom stereocenters. The molecule has 0 saturated heterocycles. The third-order valence-electron chi connectivity index (χ3n) is 3.77. The van der Waals surface area contributed by atoms with Crippen molar-refractivity contribution < 1.29 is 9.53 Å². The van der Waals surface area contributed by atoms with Crippen LogP contribution in [-0.4, -0.2) is 24.6 Å². The minimum absolute atomic E-state index is 0.211. The number of carbonyl (C=O) groups is 1. The number of hydrogen-bond donors (Lipinski definition) is 1. The molecule has 1 atom stereocenters. The van der Waals surface area contributed by atoms with Crippen molar-refractivity contribution in [1.29, 1.82) is 0 Å². The summed E-state index contributed by atoms with van der Waals surface area (Å²) in [6, 6.07) is 9.66. The van der Waals surface area contributed by atoms with Gasteiger partial charge in [0.1, 0.15) is 0 Å². The molecule has 0 spiro atoms. The molecular formula is C16H16N2O2. The summed E-state index contributed by atoms with van der Waals surface area (Å²) in [7, 11) is 1.39. The van der Waals surface area contributed by atoms with Crippen LogP contribution in [0.1, 0.15) is 33.8 Å². The first-order valence-electron chi connectivity index (χ1n) is 6.64. The summed E-state index contributed by atoms with van der Waals surface area (Å²) in [5, 5.41) is 0. The van der Waals surface area contributed by atoms with Gasteiger partial charge in [0.25, 0.3) is 0 Å². The zero-order chi connectivity index (χ0) is 14.1. The summed E-state index contributed by atoms with van der Waals surface area (Å²) >= 11 is 0. The van der Waals surface area contributed by atoms with Gasteiger partial charge in [-0.25, -0.2) is 4.79 Å². The zero-order valence-electron chi connectivity index (χ0n) is 11.3. The average Bonchev–Trinajstić information content (AvgIpc) is 2.81. The normalized spacial score (nSPS) is 15.6. The SMILES string of the molecule is COC(=O)c1ccc2c(c1)C(CCN)c1cccnc1-2. The van der Waals surface area contributed by atoms with Crippen LogP contribution in [0.25, 0.3) is 11.3 Å². The van der Waals surface area contributed by atoms with E-state index in [4.69, 9.17) is 10.5 Å². The monoisotopic (exact) mass is 268 g/mol. The highest BCUT2D eigenvalue weighted by molar-refractivity contribution is 5.91. The Morgan fingerprint density at radius 2 is 2.20 bits per heavy atom. The maximum absolute atomic E-state index is 11.7. The summed E-state index contributed by atoms with van der Waals surface area (Å²) in [6.07, 6.45) is 2.64. The van der Waals surface area contributed by atoms with Gasteiger partial charge in [0, 0.05) is 17.7 Å². The van der Waals surface area contributed by atoms with Crippen LogP contribution in [0.2, 0.25) is 0 Å². The van der Waals surface area contributed by atoms with Gasteiger partial charge < -0.3 is 10.5 Å². The minimum atomic E-state index is -0.316. The van der Waals surface area contributed by atoms with Gasteiger partial charge in [-0.3, -0.25) is 4.98 Å². The molecule has 0 aliphatic heterocycles. The van der Waals surface area contributed by atoms with Crippen LogP contribution < -0.4 is 5.73 Å². The van der Waals surface area contributed by atoms with Crippen molar-refractivity contribution in [2.75, 3.05) is 13.7 Å². The van der Waals surface area contributed by atoms with Gasteiger partial charge >= 0.3 is 5.97 Å². The van der Waals surface area contributed by atoms with Gasteiger partial charge in [0.05, 0.1) is 18.4 Å². The second kappa shape index (κ2) is 5.06. The summed E-state index contributed by atoms with van der Waals surface area (Å²) in [4.78, 5) is 16.2. The maximum Gasteiger partial charge on any atom is 0.337 e. The number of carbonyl (C=O) groups excluding carboxylic acids is 1. The molecule has 1 aliphatic rings. The molecule has 0 saturated carbocycles. The molecule has 4 nitrogen and oxygen atoms in total. The van der Waals surface area contributed by atoms with Crippen molar-refractivity contribution in [2.24, 2.45) is 5.73 Å². The number of benzene rings is 1. The lowest BCUT2D eigenvalue weighted by atomic mass is 9.93. The van der Waals surface area contributed by atoms with Gasteiger partial charge in [0.2, 0.25) is 0 Å². The van der Waals surface area contributed by atoms with Crippen LogP contribution in [0.5, 0.6) is 0 Å². The molecule has 0 fully saturated rings. The largest absolute Gasteiger partial charge is 0.465 e. The lowest BCUT2D eigenvalue weighted by molar-refractivity contribution is 0.0600. The van der Waals surface area contributed by atoms with E-state index in [0.29, 0.717) is 12.1 Å². The van der Waals surface area contributed by atoms with Crippen molar-refractivity contribution in [1.82, 2.24) is 4.98 Å². The Morgan fingerprint density at radius 3 is 2.95 bits per heavy atom. The third-order valence-corrected chi connectivity index (χ3v) is 3.77. The highest BCUT2D eigenvalue weighted by Crippen LogP contribution is 2.45. The molecule has 1 aromatic carbocycles. The molecule has 20 heavy (non-hydrogen) atoms. The number of methoxy groups -OCH3 is 1. The first-order chi connectivity index (χ1) is 9.76. The number of esters is 1. The second-order valence-electron chi connectivity index (χ2n) is 4.86. The fourth-order valence-electron chi connectivity index (χ4n) is 2.88. The first kappa shape index (κ1) is 12.8. The van der Waals surface area contributed by atoms with Crippen molar-refractivity contribution in [2.45, 2.75) is 12.3 Å². The lowest BCUT2D eigenvalue weighted by Gasteiger charge is -2.12. The molecule has 0 amide bonds. The molecule has 102 valence electrons. The fraction of sp³-hybridized carbons (Fsp3) is 0.250. The quantitative estimate of drug-likeness (QED) is 0.868. The lowest BCUT2D eigenvalue weighted by Crippen LogP contribution is -2.08. The molecule has 0 bridgehead atoms. The van der Waals surface area contributed by atoms with Crippen molar-refractivity contribution >= 4 is 5.97 Å². The van der Waals surface area contributed by atoms with Crippen LogP contribution in [-0.2, 0) is 4.74 Å². The van der Waals surface area contributed by atoms with Gasteiger partial charge in [0.15, 0.2) is 0 Å². The number of pyridine rings is 1. The number of ether oxygens (including phenoxy) is 1. The van der Waals surface area contributed by atoms with Crippen LogP contribution in [0, 0.1) is 0 Å². The third kappa shape index (κ3) is 1.89. The molecule has 2 N–H and O–H groups in total. The van der Waals surface area contributed by atoms with Crippen molar-refractivity contribution in [3.63, 3.8) is 0 Å². The number of nitrogens with two attached hydrogens (primary N) is 1. The Morgan fingerprint density at radius 1 is 1.35 bits per heavy atom. The Kier molecular flexibility index (Phi) is 3.24. The van der Waals surface area contributed by atoms with Gasteiger partial charge in [-0.1, -0.05) is 12.1 Å². The van der Waals surface area contributed by atoms with Crippen LogP contribution in [0.15, 0.2) is 36.5 Å². The Balaban J connectivity index is 2.14. The van der Waals surface area contributed by atoms with Gasteiger partial charge in [-0.05, 0) is 42.3 Å². The average molecular weight is 268 g/mol. The molecule has 0 radical (unpaired) electrons. The molecule has 1 heterocycles. The molecule has 2 aromatic rings. The predicted molar refractivity (Wildman–Crippen MR) is 76.5 cm³/mol. The smallest absolute Gasteiger partial charge is 0.337 e. The maximum atomic E-state index is 11.7. The number of aromatic nitrogens is 1. The summed E-state index contributed by atoms with van der Waals surface area (Å²) in [6.45, 7) is 0.598. The van der Waals surface area contributed by atoms with Crippen LogP contribution in [0.4, 0.5) is 0 Å². The van der Waals surface area contributed by atoms with Crippen LogP contribution >= 0.6 is 0 Å². The highest BCUT2D eigenvalue weighted by Gasteiger charge is 2.29. The van der Waals surface area contributed by atoms with E-state index in [1.165, 1.54) is 12.7 Å².